The molecule has 144 valence electrons. The molecule has 7 nitrogen and oxygen atoms in total. The summed E-state index contributed by atoms with van der Waals surface area (Å²) in [5.74, 6) is -0.800. The van der Waals surface area contributed by atoms with Crippen LogP contribution in [-0.2, 0) is 25.4 Å². The molecule has 0 spiro atoms. The molecule has 26 heavy (non-hydrogen) atoms. The first-order valence-corrected chi connectivity index (χ1v) is 8.48. The Bertz CT molecular complexity index is 606. The van der Waals surface area contributed by atoms with Gasteiger partial charge in [0.2, 0.25) is 0 Å². The Labute approximate surface area is 154 Å². The fourth-order valence-corrected chi connectivity index (χ4v) is 1.91. The van der Waals surface area contributed by atoms with Gasteiger partial charge in [0.05, 0.1) is 6.61 Å². The first-order chi connectivity index (χ1) is 12.1. The maximum absolute atomic E-state index is 12.3. The number of carbonyl (C=O) groups is 3. The fourth-order valence-electron chi connectivity index (χ4n) is 1.91. The van der Waals surface area contributed by atoms with Gasteiger partial charge in [-0.3, -0.25) is 0 Å². The summed E-state index contributed by atoms with van der Waals surface area (Å²) in [6.45, 7) is 8.98. The average Bonchev–Trinajstić information content (AvgIpc) is 2.51. The van der Waals surface area contributed by atoms with Crippen molar-refractivity contribution in [3.63, 3.8) is 0 Å². The first-order valence-electron chi connectivity index (χ1n) is 8.48. The number of carbonyl (C=O) groups excluding carboxylic acids is 3. The smallest absolute Gasteiger partial charge is 0.444 e. The molecule has 0 saturated carbocycles. The number of benzene rings is 1. The molecule has 1 atom stereocenters. The molecule has 0 aromatic heterocycles. The van der Waals surface area contributed by atoms with Gasteiger partial charge in [0, 0.05) is 6.42 Å². The van der Waals surface area contributed by atoms with Crippen molar-refractivity contribution < 1.29 is 28.6 Å². The second-order valence-corrected chi connectivity index (χ2v) is 7.26. The summed E-state index contributed by atoms with van der Waals surface area (Å²) in [7, 11) is 0. The molecule has 1 rings (SSSR count). The topological polar surface area (TPSA) is 90.9 Å². The molecule has 0 aliphatic carbocycles. The van der Waals surface area contributed by atoms with Crippen molar-refractivity contribution in [2.24, 2.45) is 5.92 Å². The highest BCUT2D eigenvalue weighted by Crippen LogP contribution is 2.10. The molecule has 1 N–H and O–H groups in total. The number of ether oxygens (including phenoxy) is 3. The predicted molar refractivity (Wildman–Crippen MR) is 95.6 cm³/mol. The highest BCUT2D eigenvalue weighted by molar-refractivity contribution is 5.88. The average molecular weight is 365 g/mol. The van der Waals surface area contributed by atoms with Crippen molar-refractivity contribution in [3.05, 3.63) is 35.9 Å². The SMILES string of the molecule is CC(C)COC(=O)OC(=O)[C@H](Cc1ccccc1)NC(=O)OC(C)(C)C. The number of alkyl carbamates (subject to hydrolysis) is 1. The normalized spacial score (nSPS) is 12.2. The molecule has 0 saturated heterocycles. The molecule has 7 heteroatoms. The van der Waals surface area contributed by atoms with E-state index < -0.39 is 29.9 Å². The van der Waals surface area contributed by atoms with Gasteiger partial charge in [-0.05, 0) is 32.3 Å². The Morgan fingerprint density at radius 1 is 1.08 bits per heavy atom. The van der Waals surface area contributed by atoms with Gasteiger partial charge in [-0.15, -0.1) is 0 Å². The zero-order valence-electron chi connectivity index (χ0n) is 15.9. The molecule has 0 fully saturated rings. The lowest BCUT2D eigenvalue weighted by Gasteiger charge is -2.22. The second kappa shape index (κ2) is 9.79. The van der Waals surface area contributed by atoms with Crippen LogP contribution in [0.5, 0.6) is 0 Å². The van der Waals surface area contributed by atoms with Crippen LogP contribution in [-0.4, -0.2) is 36.5 Å². The van der Waals surface area contributed by atoms with Crippen molar-refractivity contribution in [2.45, 2.75) is 52.7 Å². The molecule has 1 amide bonds. The van der Waals surface area contributed by atoms with Gasteiger partial charge in [-0.2, -0.15) is 0 Å². The molecule has 0 aliphatic heterocycles. The monoisotopic (exact) mass is 365 g/mol. The van der Waals surface area contributed by atoms with Gasteiger partial charge in [-0.25, -0.2) is 14.4 Å². The minimum Gasteiger partial charge on any atom is -0.444 e. The van der Waals surface area contributed by atoms with Gasteiger partial charge in [0.1, 0.15) is 11.6 Å². The van der Waals surface area contributed by atoms with Crippen LogP contribution in [0.3, 0.4) is 0 Å². The van der Waals surface area contributed by atoms with Gasteiger partial charge in [0.25, 0.3) is 0 Å². The number of esters is 1. The number of rotatable bonds is 6. The summed E-state index contributed by atoms with van der Waals surface area (Å²) in [6, 6.07) is 7.97. The van der Waals surface area contributed by atoms with E-state index in [0.29, 0.717) is 0 Å². The van der Waals surface area contributed by atoms with Crippen molar-refractivity contribution in [3.8, 4) is 0 Å². The molecule has 0 radical (unpaired) electrons. The third kappa shape index (κ3) is 9.05. The van der Waals surface area contributed by atoms with E-state index >= 15 is 0 Å². The fraction of sp³-hybridized carbons (Fsp3) is 0.526. The summed E-state index contributed by atoms with van der Waals surface area (Å²) in [5.41, 5.74) is 0.0719. The van der Waals surface area contributed by atoms with Crippen LogP contribution in [0.4, 0.5) is 9.59 Å². The van der Waals surface area contributed by atoms with Gasteiger partial charge >= 0.3 is 18.2 Å². The number of hydrogen-bond acceptors (Lipinski definition) is 6. The van der Waals surface area contributed by atoms with Gasteiger partial charge in [-0.1, -0.05) is 44.2 Å². The lowest BCUT2D eigenvalue weighted by atomic mass is 10.1. The molecule has 0 heterocycles. The third-order valence-corrected chi connectivity index (χ3v) is 2.98. The standard InChI is InChI=1S/C19H27NO6/c1-13(2)12-24-18(23)25-16(21)15(11-14-9-7-6-8-10-14)20-17(22)26-19(3,4)5/h6-10,13,15H,11-12H2,1-5H3,(H,20,22)/t15-/m0/s1. The number of amides is 1. The molecule has 1 aromatic rings. The van der Waals surface area contributed by atoms with E-state index in [1.165, 1.54) is 0 Å². The summed E-state index contributed by atoms with van der Waals surface area (Å²) in [4.78, 5) is 35.9. The number of hydrogen-bond donors (Lipinski definition) is 1. The van der Waals surface area contributed by atoms with E-state index in [1.54, 1.807) is 32.9 Å². The molecular weight excluding hydrogens is 338 g/mol. The van der Waals surface area contributed by atoms with Crippen molar-refractivity contribution in [1.29, 1.82) is 0 Å². The van der Waals surface area contributed by atoms with E-state index in [2.05, 4.69) is 5.32 Å². The molecule has 0 aliphatic rings. The van der Waals surface area contributed by atoms with E-state index in [4.69, 9.17) is 14.2 Å². The van der Waals surface area contributed by atoms with Crippen LogP contribution >= 0.6 is 0 Å². The largest absolute Gasteiger partial charge is 0.516 e. The van der Waals surface area contributed by atoms with Crippen LogP contribution in [0.1, 0.15) is 40.2 Å². The quantitative estimate of drug-likeness (QED) is 0.613. The van der Waals surface area contributed by atoms with Gasteiger partial charge in [0.15, 0.2) is 0 Å². The number of nitrogens with one attached hydrogen (secondary N) is 1. The van der Waals surface area contributed by atoms with Crippen LogP contribution < -0.4 is 5.32 Å². The third-order valence-electron chi connectivity index (χ3n) is 2.98. The lowest BCUT2D eigenvalue weighted by Crippen LogP contribution is -2.46. The summed E-state index contributed by atoms with van der Waals surface area (Å²) in [6.07, 6.45) is -1.71. The van der Waals surface area contributed by atoms with E-state index in [9.17, 15) is 14.4 Å². The molecule has 1 aromatic carbocycles. The molecular formula is C19H27NO6. The first kappa shape index (κ1) is 21.5. The zero-order valence-corrected chi connectivity index (χ0v) is 15.9. The van der Waals surface area contributed by atoms with Crippen molar-refractivity contribution in [1.82, 2.24) is 5.32 Å². The lowest BCUT2D eigenvalue weighted by molar-refractivity contribution is -0.142. The summed E-state index contributed by atoms with van der Waals surface area (Å²) >= 11 is 0. The van der Waals surface area contributed by atoms with E-state index in [1.807, 2.05) is 32.0 Å². The maximum atomic E-state index is 12.3. The second-order valence-electron chi connectivity index (χ2n) is 7.26. The maximum Gasteiger partial charge on any atom is 0.516 e. The molecule has 0 bridgehead atoms. The zero-order chi connectivity index (χ0) is 19.7. The predicted octanol–water partition coefficient (Wildman–Crippen LogP) is 3.46. The van der Waals surface area contributed by atoms with Crippen molar-refractivity contribution >= 4 is 18.2 Å². The van der Waals surface area contributed by atoms with Crippen LogP contribution in [0.25, 0.3) is 0 Å². The molecule has 0 unspecified atom stereocenters. The van der Waals surface area contributed by atoms with Crippen molar-refractivity contribution in [2.75, 3.05) is 6.61 Å². The highest BCUT2D eigenvalue weighted by Gasteiger charge is 2.28. The Kier molecular flexibility index (Phi) is 8.09. The summed E-state index contributed by atoms with van der Waals surface area (Å²) in [5, 5.41) is 2.45. The minimum atomic E-state index is -1.09. The van der Waals surface area contributed by atoms with E-state index in [0.717, 1.165) is 5.56 Å². The Hall–Kier alpha value is -2.57. The minimum absolute atomic E-state index is 0.109. The summed E-state index contributed by atoms with van der Waals surface area (Å²) < 4.78 is 14.7. The van der Waals surface area contributed by atoms with Crippen LogP contribution in [0.15, 0.2) is 30.3 Å². The Morgan fingerprint density at radius 3 is 2.23 bits per heavy atom. The van der Waals surface area contributed by atoms with Crippen LogP contribution in [0, 0.1) is 5.92 Å². The van der Waals surface area contributed by atoms with Crippen LogP contribution in [0.2, 0.25) is 0 Å². The van der Waals surface area contributed by atoms with Gasteiger partial charge < -0.3 is 19.5 Å². The Balaban J connectivity index is 2.77. The van der Waals surface area contributed by atoms with E-state index in [-0.39, 0.29) is 18.9 Å². The highest BCUT2D eigenvalue weighted by atomic mass is 16.7. The Morgan fingerprint density at radius 2 is 1.69 bits per heavy atom.